The van der Waals surface area contributed by atoms with Crippen molar-refractivity contribution in [2.45, 2.75) is 70.6 Å². The fourth-order valence-corrected chi connectivity index (χ4v) is 10.7. The van der Waals surface area contributed by atoms with E-state index in [1.165, 1.54) is 14.7 Å². The summed E-state index contributed by atoms with van der Waals surface area (Å²) in [6.45, 7) is 2.37. The Hall–Kier alpha value is -4.56. The number of ether oxygens (including phenoxy) is 4. The number of halogens is 1. The lowest BCUT2D eigenvalue weighted by molar-refractivity contribution is -0.139. The van der Waals surface area contributed by atoms with Crippen LogP contribution in [0.5, 0.6) is 11.5 Å². The summed E-state index contributed by atoms with van der Waals surface area (Å²) in [5.74, 6) is 1.65. The van der Waals surface area contributed by atoms with Crippen LogP contribution in [0.1, 0.15) is 49.7 Å². The molecule has 6 aliphatic rings. The number of benzene rings is 4. The fourth-order valence-electron chi connectivity index (χ4n) is 9.38. The van der Waals surface area contributed by atoms with Crippen molar-refractivity contribution < 1.29 is 38.6 Å². The van der Waals surface area contributed by atoms with Crippen molar-refractivity contribution in [3.63, 3.8) is 0 Å². The number of hydrogen-bond acceptors (Lipinski definition) is 14. The van der Waals surface area contributed by atoms with Crippen molar-refractivity contribution in [3.8, 4) is 22.6 Å². The van der Waals surface area contributed by atoms with Crippen LogP contribution in [0.2, 0.25) is 0 Å². The summed E-state index contributed by atoms with van der Waals surface area (Å²) >= 11 is 6.75. The molecule has 4 unspecified atom stereocenters. The third-order valence-corrected chi connectivity index (χ3v) is 14.5. The van der Waals surface area contributed by atoms with E-state index in [0.29, 0.717) is 43.0 Å². The topological polar surface area (TPSA) is 195 Å². The molecule has 336 valence electrons. The highest BCUT2D eigenvalue weighted by molar-refractivity contribution is 9.10. The Balaban J connectivity index is 0.000000145. The van der Waals surface area contributed by atoms with Crippen LogP contribution in [0.3, 0.4) is 0 Å². The van der Waals surface area contributed by atoms with Gasteiger partial charge in [-0.15, -0.1) is 23.5 Å². The molecular formula is C46H52BBrN6O8S2. The third-order valence-electron chi connectivity index (χ3n) is 12.6. The lowest BCUT2D eigenvalue weighted by Gasteiger charge is -2.46. The maximum Gasteiger partial charge on any atom is 0.488 e. The number of nitrogens with two attached hydrogens (primary N) is 2. The predicted octanol–water partition coefficient (Wildman–Crippen LogP) is 5.24. The van der Waals surface area contributed by atoms with Crippen molar-refractivity contribution in [2.24, 2.45) is 21.5 Å². The largest absolute Gasteiger partial charge is 0.488 e. The molecule has 0 aliphatic carbocycles. The Labute approximate surface area is 390 Å². The first-order valence-corrected chi connectivity index (χ1v) is 24.3. The first kappa shape index (κ1) is 46.0. The minimum Gasteiger partial charge on any atom is -0.484 e. The first-order valence-electron chi connectivity index (χ1n) is 21.1. The van der Waals surface area contributed by atoms with Crippen LogP contribution >= 0.6 is 39.5 Å². The van der Waals surface area contributed by atoms with Crippen molar-refractivity contribution in [1.29, 1.82) is 0 Å². The zero-order chi connectivity index (χ0) is 45.4. The standard InChI is InChI=1S/C23H25N3O3S.C16H18BrN3O3.C7H9BO2S/c1-26-20(27)23(25-21(26)24)13-22(9-4-10-28-14-22)29-19-8-7-16(12-18(19)23)15-5-3-6-17(11-15)30-2;1-20-13(21)16(19-14(20)18)8-15(5-2-6-22-9-15)23-12-4-3-10(17)7-11(12)16;1-11-7-4-2-3-6(5-7)8(9)10/h3,5-8,11-12H,4,9-10,13-14H2,1-2H3,(H2,24,25);3-4,7H,2,5-6,8-9H2,1H3,(H2,18,19);2-5,9-10H,1H3. The van der Waals surface area contributed by atoms with Crippen molar-refractivity contribution in [1.82, 2.24) is 9.80 Å². The number of nitrogens with zero attached hydrogens (tertiary/aromatic N) is 4. The van der Waals surface area contributed by atoms with E-state index >= 15 is 0 Å². The lowest BCUT2D eigenvalue weighted by Crippen LogP contribution is -2.55. The average Bonchev–Trinajstić information content (AvgIpc) is 3.64. The Bertz CT molecular complexity index is 2500. The summed E-state index contributed by atoms with van der Waals surface area (Å²) in [4.78, 5) is 40.9. The number of likely N-dealkylation sites (N-methyl/N-ethyl adjacent to an activating group) is 2. The second-order valence-electron chi connectivity index (χ2n) is 16.9. The minimum atomic E-state index is -1.36. The molecule has 10 rings (SSSR count). The Morgan fingerprint density at radius 2 is 1.19 bits per heavy atom. The van der Waals surface area contributed by atoms with E-state index in [9.17, 15) is 9.59 Å². The molecule has 4 atom stereocenters. The quantitative estimate of drug-likeness (QED) is 0.154. The van der Waals surface area contributed by atoms with Gasteiger partial charge in [-0.25, -0.2) is 9.98 Å². The zero-order valence-corrected chi connectivity index (χ0v) is 39.4. The molecule has 0 radical (unpaired) electrons. The van der Waals surface area contributed by atoms with E-state index in [1.54, 1.807) is 55.8 Å². The Morgan fingerprint density at radius 1 is 0.688 bits per heavy atom. The molecule has 18 heteroatoms. The highest BCUT2D eigenvalue weighted by Crippen LogP contribution is 2.53. The van der Waals surface area contributed by atoms with Gasteiger partial charge < -0.3 is 40.5 Å². The van der Waals surface area contributed by atoms with Crippen LogP contribution in [0.4, 0.5) is 0 Å². The highest BCUT2D eigenvalue weighted by Gasteiger charge is 2.60. The molecule has 14 nitrogen and oxygen atoms in total. The van der Waals surface area contributed by atoms with E-state index in [4.69, 9.17) is 45.5 Å². The van der Waals surface area contributed by atoms with Crippen molar-refractivity contribution >= 4 is 75.8 Å². The number of thioether (sulfide) groups is 2. The number of carbonyl (C=O) groups excluding carboxylic acids is 2. The molecule has 2 saturated heterocycles. The maximum absolute atomic E-state index is 13.5. The summed E-state index contributed by atoms with van der Waals surface area (Å²) < 4.78 is 25.1. The molecule has 6 N–H and O–H groups in total. The molecule has 0 saturated carbocycles. The van der Waals surface area contributed by atoms with Gasteiger partial charge in [-0.2, -0.15) is 0 Å². The Kier molecular flexibility index (Phi) is 13.2. The SMILES string of the molecule is CN1C(=O)C2(CC3(CCCOC3)Oc3ccc(Br)cc32)N=C1N.CSc1cccc(-c2ccc3c(c2)C2(CC4(CCCOC4)O3)N=C(N)N(C)C2=O)c1.CSc1cccc(B(O)O)c1. The van der Waals surface area contributed by atoms with E-state index in [2.05, 4.69) is 45.4 Å². The monoisotopic (exact) mass is 970 g/mol. The normalized spacial score (nSPS) is 26.5. The minimum absolute atomic E-state index is 0.107. The van der Waals surface area contributed by atoms with Gasteiger partial charge >= 0.3 is 7.12 Å². The molecule has 6 aliphatic heterocycles. The summed E-state index contributed by atoms with van der Waals surface area (Å²) in [5.41, 5.74) is 13.1. The first-order chi connectivity index (χ1) is 30.7. The number of aliphatic imine (C=N–C) groups is 2. The number of hydrogen-bond donors (Lipinski definition) is 4. The van der Waals surface area contributed by atoms with Gasteiger partial charge in [0.15, 0.2) is 23.0 Å². The number of rotatable bonds is 4. The highest BCUT2D eigenvalue weighted by atomic mass is 79.9. The van der Waals surface area contributed by atoms with Gasteiger partial charge in [0.05, 0.1) is 13.2 Å². The molecule has 6 heterocycles. The van der Waals surface area contributed by atoms with Gasteiger partial charge in [-0.1, -0.05) is 46.3 Å². The molecule has 0 aromatic heterocycles. The summed E-state index contributed by atoms with van der Waals surface area (Å²) in [7, 11) is 1.98. The van der Waals surface area contributed by atoms with E-state index < -0.39 is 29.4 Å². The summed E-state index contributed by atoms with van der Waals surface area (Å²) in [6, 6.07) is 27.3. The van der Waals surface area contributed by atoms with Crippen molar-refractivity contribution in [2.75, 3.05) is 53.0 Å². The summed E-state index contributed by atoms with van der Waals surface area (Å²) in [5, 5.41) is 17.6. The van der Waals surface area contributed by atoms with Gasteiger partial charge in [0.25, 0.3) is 11.8 Å². The molecule has 0 bridgehead atoms. The number of amides is 2. The lowest BCUT2D eigenvalue weighted by atomic mass is 9.74. The smallest absolute Gasteiger partial charge is 0.484 e. The second kappa shape index (κ2) is 18.4. The zero-order valence-electron chi connectivity index (χ0n) is 36.2. The Morgan fingerprint density at radius 3 is 1.67 bits per heavy atom. The fraction of sp³-hybridized carbons (Fsp3) is 0.391. The predicted molar refractivity (Wildman–Crippen MR) is 254 cm³/mol. The van der Waals surface area contributed by atoms with E-state index in [0.717, 1.165) is 70.5 Å². The molecular weight excluding hydrogens is 919 g/mol. The third kappa shape index (κ3) is 8.65. The van der Waals surface area contributed by atoms with E-state index in [-0.39, 0.29) is 23.7 Å². The van der Waals surface area contributed by atoms with Crippen LogP contribution in [0.15, 0.2) is 109 Å². The van der Waals surface area contributed by atoms with Gasteiger partial charge in [0, 0.05) is 65.5 Å². The maximum atomic E-state index is 13.5. The molecule has 2 amide bonds. The molecule has 64 heavy (non-hydrogen) atoms. The molecule has 2 fully saturated rings. The number of carbonyl (C=O) groups is 2. The molecule has 4 aromatic carbocycles. The van der Waals surface area contributed by atoms with Gasteiger partial charge in [-0.05, 0) is 109 Å². The van der Waals surface area contributed by atoms with Crippen LogP contribution in [-0.4, -0.2) is 115 Å². The van der Waals surface area contributed by atoms with Crippen molar-refractivity contribution in [3.05, 3.63) is 101 Å². The van der Waals surface area contributed by atoms with Gasteiger partial charge in [-0.3, -0.25) is 19.4 Å². The van der Waals surface area contributed by atoms with Gasteiger partial charge in [0.1, 0.15) is 22.7 Å². The average molecular weight is 972 g/mol. The van der Waals surface area contributed by atoms with Gasteiger partial charge in [0.2, 0.25) is 0 Å². The molecule has 4 spiro atoms. The van der Waals surface area contributed by atoms with Crippen LogP contribution in [0.25, 0.3) is 11.1 Å². The number of guanidine groups is 2. The van der Waals surface area contributed by atoms with Crippen LogP contribution in [0, 0.1) is 0 Å². The van der Waals surface area contributed by atoms with Crippen LogP contribution < -0.4 is 26.4 Å². The number of fused-ring (bicyclic) bond motifs is 4. The van der Waals surface area contributed by atoms with E-state index in [1.807, 2.05) is 54.8 Å². The molecule has 4 aromatic rings. The summed E-state index contributed by atoms with van der Waals surface area (Å²) in [6.07, 6.45) is 8.38. The second-order valence-corrected chi connectivity index (χ2v) is 19.5. The van der Waals surface area contributed by atoms with Crippen LogP contribution in [-0.2, 0) is 30.1 Å².